The van der Waals surface area contributed by atoms with Crippen LogP contribution in [0, 0.1) is 0 Å². The Bertz CT molecular complexity index is 572. The summed E-state index contributed by atoms with van der Waals surface area (Å²) in [6.45, 7) is 1.83. The third kappa shape index (κ3) is 1.97. The molecule has 2 rings (SSSR count). The molecule has 4 heteroatoms. The fourth-order valence-electron chi connectivity index (χ4n) is 1.98. The first kappa shape index (κ1) is 12.2. The zero-order valence-corrected chi connectivity index (χ0v) is 11.6. The third-order valence-electron chi connectivity index (χ3n) is 2.82. The average molecular weight is 296 g/mol. The molecular formula is C13H14BrNO2. The fourth-order valence-corrected chi connectivity index (χ4v) is 2.23. The highest BCUT2D eigenvalue weighted by Gasteiger charge is 2.20. The summed E-state index contributed by atoms with van der Waals surface area (Å²) in [7, 11) is 3.55. The number of hydrogen-bond donors (Lipinski definition) is 0. The van der Waals surface area contributed by atoms with Crippen LogP contribution in [0.25, 0.3) is 10.9 Å². The van der Waals surface area contributed by atoms with E-state index in [1.807, 2.05) is 42.9 Å². The number of ketones is 1. The minimum Gasteiger partial charge on any atom is -0.496 e. The van der Waals surface area contributed by atoms with Gasteiger partial charge in [0.25, 0.3) is 0 Å². The number of carbonyl (C=O) groups is 1. The number of benzene rings is 1. The zero-order chi connectivity index (χ0) is 12.6. The Morgan fingerprint density at radius 2 is 2.18 bits per heavy atom. The van der Waals surface area contributed by atoms with Crippen LogP contribution in [0.1, 0.15) is 17.3 Å². The lowest BCUT2D eigenvalue weighted by atomic mass is 10.1. The molecule has 90 valence electrons. The number of ether oxygens (including phenoxy) is 1. The molecule has 1 atom stereocenters. The van der Waals surface area contributed by atoms with E-state index in [1.54, 1.807) is 7.11 Å². The molecule has 0 N–H and O–H groups in total. The monoisotopic (exact) mass is 295 g/mol. The summed E-state index contributed by atoms with van der Waals surface area (Å²) in [6, 6.07) is 5.78. The van der Waals surface area contributed by atoms with Gasteiger partial charge in [0.05, 0.1) is 22.8 Å². The number of methoxy groups -OCH3 is 1. The Morgan fingerprint density at radius 3 is 2.76 bits per heavy atom. The molecular weight excluding hydrogens is 282 g/mol. The Hall–Kier alpha value is -1.29. The van der Waals surface area contributed by atoms with E-state index in [0.717, 1.165) is 16.7 Å². The van der Waals surface area contributed by atoms with Crippen LogP contribution in [0.2, 0.25) is 0 Å². The molecule has 1 unspecified atom stereocenters. The molecule has 0 saturated carbocycles. The molecule has 0 spiro atoms. The highest BCUT2D eigenvalue weighted by molar-refractivity contribution is 9.10. The van der Waals surface area contributed by atoms with E-state index >= 15 is 0 Å². The summed E-state index contributed by atoms with van der Waals surface area (Å²) >= 11 is 3.32. The second kappa shape index (κ2) is 4.53. The highest BCUT2D eigenvalue weighted by Crippen LogP contribution is 2.31. The molecule has 0 fully saturated rings. The third-order valence-corrected chi connectivity index (χ3v) is 3.24. The normalized spacial score (nSPS) is 12.7. The van der Waals surface area contributed by atoms with Gasteiger partial charge in [-0.1, -0.05) is 22.0 Å². The quantitative estimate of drug-likeness (QED) is 0.643. The number of Topliss-reactive ketones (excluding diaryl/α,β-unsaturated/α-hetero) is 1. The molecule has 1 aromatic carbocycles. The van der Waals surface area contributed by atoms with E-state index in [4.69, 9.17) is 4.74 Å². The van der Waals surface area contributed by atoms with Crippen LogP contribution in [0.3, 0.4) is 0 Å². The first-order chi connectivity index (χ1) is 8.06. The van der Waals surface area contributed by atoms with Gasteiger partial charge in [-0.05, 0) is 19.1 Å². The maximum Gasteiger partial charge on any atom is 0.178 e. The zero-order valence-electron chi connectivity index (χ0n) is 10.0. The van der Waals surface area contributed by atoms with E-state index in [1.165, 1.54) is 0 Å². The van der Waals surface area contributed by atoms with Crippen LogP contribution in [-0.2, 0) is 7.05 Å². The molecule has 0 aliphatic heterocycles. The number of fused-ring (bicyclic) bond motifs is 1. The number of carbonyl (C=O) groups excluding carboxylic acids is 1. The number of hydrogen-bond acceptors (Lipinski definition) is 2. The van der Waals surface area contributed by atoms with Crippen molar-refractivity contribution in [2.45, 2.75) is 11.8 Å². The Kier molecular flexibility index (Phi) is 3.24. The van der Waals surface area contributed by atoms with Gasteiger partial charge in [0.1, 0.15) is 5.75 Å². The first-order valence-electron chi connectivity index (χ1n) is 5.36. The van der Waals surface area contributed by atoms with Crippen molar-refractivity contribution in [3.8, 4) is 5.75 Å². The highest BCUT2D eigenvalue weighted by atomic mass is 79.9. The lowest BCUT2D eigenvalue weighted by molar-refractivity contribution is 0.0997. The van der Waals surface area contributed by atoms with Crippen molar-refractivity contribution in [2.75, 3.05) is 7.11 Å². The van der Waals surface area contributed by atoms with Crippen LogP contribution in [0.4, 0.5) is 0 Å². The summed E-state index contributed by atoms with van der Waals surface area (Å²) in [5, 5.41) is 0.883. The summed E-state index contributed by atoms with van der Waals surface area (Å²) < 4.78 is 7.28. The van der Waals surface area contributed by atoms with Crippen LogP contribution < -0.4 is 4.74 Å². The molecule has 0 aliphatic carbocycles. The van der Waals surface area contributed by atoms with Crippen molar-refractivity contribution in [3.63, 3.8) is 0 Å². The smallest absolute Gasteiger partial charge is 0.178 e. The van der Waals surface area contributed by atoms with Gasteiger partial charge in [-0.2, -0.15) is 0 Å². The maximum absolute atomic E-state index is 12.1. The van der Waals surface area contributed by atoms with Crippen LogP contribution in [0.15, 0.2) is 24.4 Å². The minimum atomic E-state index is -0.196. The Morgan fingerprint density at radius 1 is 1.47 bits per heavy atom. The molecule has 1 heterocycles. The van der Waals surface area contributed by atoms with E-state index in [2.05, 4.69) is 15.9 Å². The van der Waals surface area contributed by atoms with E-state index < -0.39 is 0 Å². The Labute approximate surface area is 108 Å². The standard InChI is InChI=1S/C13H14BrNO2/c1-8(14)13(16)9-7-15(2)10-5-4-6-11(17-3)12(9)10/h4-8H,1-3H3. The van der Waals surface area contributed by atoms with Crippen molar-refractivity contribution in [1.82, 2.24) is 4.57 Å². The lowest BCUT2D eigenvalue weighted by Crippen LogP contribution is -2.09. The van der Waals surface area contributed by atoms with E-state index in [0.29, 0.717) is 5.56 Å². The minimum absolute atomic E-state index is 0.0695. The maximum atomic E-state index is 12.1. The molecule has 2 aromatic rings. The van der Waals surface area contributed by atoms with Gasteiger partial charge < -0.3 is 9.30 Å². The molecule has 1 aromatic heterocycles. The average Bonchev–Trinajstić information content (AvgIpc) is 2.66. The largest absolute Gasteiger partial charge is 0.496 e. The topological polar surface area (TPSA) is 31.2 Å². The second-order valence-electron chi connectivity index (χ2n) is 3.99. The number of rotatable bonds is 3. The molecule has 0 aliphatic rings. The summed E-state index contributed by atoms with van der Waals surface area (Å²) in [5.41, 5.74) is 1.70. The van der Waals surface area contributed by atoms with Gasteiger partial charge in [-0.25, -0.2) is 0 Å². The summed E-state index contributed by atoms with van der Waals surface area (Å²) in [5.74, 6) is 0.805. The predicted octanol–water partition coefficient (Wildman–Crippen LogP) is 3.15. The van der Waals surface area contributed by atoms with Crippen LogP contribution in [-0.4, -0.2) is 22.3 Å². The molecule has 0 amide bonds. The van der Waals surface area contributed by atoms with Gasteiger partial charge in [0, 0.05) is 18.8 Å². The summed E-state index contributed by atoms with van der Waals surface area (Å²) in [4.78, 5) is 11.9. The van der Waals surface area contributed by atoms with Gasteiger partial charge in [0.15, 0.2) is 5.78 Å². The SMILES string of the molecule is COc1cccc2c1c(C(=O)C(C)Br)cn2C. The molecule has 3 nitrogen and oxygen atoms in total. The van der Waals surface area contributed by atoms with Crippen molar-refractivity contribution >= 4 is 32.6 Å². The lowest BCUT2D eigenvalue weighted by Gasteiger charge is -2.05. The number of aryl methyl sites for hydroxylation is 1. The van der Waals surface area contributed by atoms with Crippen molar-refractivity contribution in [1.29, 1.82) is 0 Å². The summed E-state index contributed by atoms with van der Waals surface area (Å²) in [6.07, 6.45) is 1.85. The molecule has 0 saturated heterocycles. The number of alkyl halides is 1. The number of nitrogens with zero attached hydrogens (tertiary/aromatic N) is 1. The predicted molar refractivity (Wildman–Crippen MR) is 72.2 cm³/mol. The van der Waals surface area contributed by atoms with E-state index in [9.17, 15) is 4.79 Å². The number of halogens is 1. The second-order valence-corrected chi connectivity index (χ2v) is 5.36. The van der Waals surface area contributed by atoms with Gasteiger partial charge in [-0.3, -0.25) is 4.79 Å². The van der Waals surface area contributed by atoms with Crippen molar-refractivity contribution in [3.05, 3.63) is 30.0 Å². The van der Waals surface area contributed by atoms with Crippen LogP contribution in [0.5, 0.6) is 5.75 Å². The first-order valence-corrected chi connectivity index (χ1v) is 6.28. The van der Waals surface area contributed by atoms with Gasteiger partial charge in [-0.15, -0.1) is 0 Å². The molecule has 0 radical (unpaired) electrons. The van der Waals surface area contributed by atoms with Gasteiger partial charge in [0.2, 0.25) is 0 Å². The fraction of sp³-hybridized carbons (Fsp3) is 0.308. The Balaban J connectivity index is 2.76. The van der Waals surface area contributed by atoms with E-state index in [-0.39, 0.29) is 10.6 Å². The van der Waals surface area contributed by atoms with Gasteiger partial charge >= 0.3 is 0 Å². The van der Waals surface area contributed by atoms with Crippen LogP contribution >= 0.6 is 15.9 Å². The van der Waals surface area contributed by atoms with Crippen molar-refractivity contribution < 1.29 is 9.53 Å². The van der Waals surface area contributed by atoms with Crippen molar-refractivity contribution in [2.24, 2.45) is 7.05 Å². The number of aromatic nitrogens is 1. The molecule has 17 heavy (non-hydrogen) atoms. The molecule has 0 bridgehead atoms.